The summed E-state index contributed by atoms with van der Waals surface area (Å²) < 4.78 is 5.67. The average Bonchev–Trinajstić information content (AvgIpc) is 2.39. The maximum Gasteiger partial charge on any atom is 0.256 e. The van der Waals surface area contributed by atoms with Crippen molar-refractivity contribution in [2.75, 3.05) is 44.3 Å². The van der Waals surface area contributed by atoms with Crippen LogP contribution in [0.25, 0.3) is 0 Å². The van der Waals surface area contributed by atoms with Crippen LogP contribution in [-0.4, -0.2) is 71.5 Å². The van der Waals surface area contributed by atoms with Crippen LogP contribution in [0.5, 0.6) is 0 Å². The highest BCUT2D eigenvalue weighted by atomic mass is 32.2. The number of hydrogen-bond acceptors (Lipinski definition) is 4. The fraction of sp³-hybridized carbons (Fsp3) is 0.833. The Morgan fingerprint density at radius 1 is 1.17 bits per heavy atom. The van der Waals surface area contributed by atoms with Crippen LogP contribution < -0.4 is 0 Å². The van der Waals surface area contributed by atoms with Gasteiger partial charge in [-0.05, 0) is 6.92 Å². The van der Waals surface area contributed by atoms with E-state index >= 15 is 0 Å². The van der Waals surface area contributed by atoms with Gasteiger partial charge in [0.25, 0.3) is 5.91 Å². The second kappa shape index (κ2) is 5.48. The molecule has 6 heteroatoms. The van der Waals surface area contributed by atoms with Crippen LogP contribution in [0, 0.1) is 0 Å². The molecule has 0 radical (unpaired) electrons. The molecule has 0 aliphatic carbocycles. The van der Waals surface area contributed by atoms with Crippen molar-refractivity contribution in [1.29, 1.82) is 0 Å². The van der Waals surface area contributed by atoms with E-state index in [0.29, 0.717) is 19.7 Å². The van der Waals surface area contributed by atoms with Gasteiger partial charge in [-0.1, -0.05) is 0 Å². The fourth-order valence-electron chi connectivity index (χ4n) is 2.37. The maximum atomic E-state index is 12.5. The second-order valence-corrected chi connectivity index (χ2v) is 6.15. The third kappa shape index (κ3) is 2.80. The Labute approximate surface area is 112 Å². The van der Waals surface area contributed by atoms with Gasteiger partial charge in [0.15, 0.2) is 5.60 Å². The van der Waals surface area contributed by atoms with Gasteiger partial charge < -0.3 is 14.5 Å². The minimum atomic E-state index is -0.869. The molecule has 0 saturated carbocycles. The summed E-state index contributed by atoms with van der Waals surface area (Å²) in [6.07, 6.45) is 0. The largest absolute Gasteiger partial charge is 0.362 e. The monoisotopic (exact) mass is 272 g/mol. The maximum absolute atomic E-state index is 12.5. The Hall–Kier alpha value is -0.750. The first-order chi connectivity index (χ1) is 8.53. The van der Waals surface area contributed by atoms with Crippen molar-refractivity contribution in [3.05, 3.63) is 0 Å². The standard InChI is InChI=1S/C12H20N2O3S/c1-10(15)14-3-6-17-12(2,9-14)11(16)13-4-7-18-8-5-13/h3-9H2,1-2H3. The lowest BCUT2D eigenvalue weighted by molar-refractivity contribution is -0.170. The van der Waals surface area contributed by atoms with E-state index in [1.54, 1.807) is 11.8 Å². The van der Waals surface area contributed by atoms with E-state index in [0.717, 1.165) is 24.6 Å². The summed E-state index contributed by atoms with van der Waals surface area (Å²) in [5.41, 5.74) is -0.869. The van der Waals surface area contributed by atoms with Gasteiger partial charge in [-0.25, -0.2) is 0 Å². The molecule has 2 aliphatic rings. The van der Waals surface area contributed by atoms with Gasteiger partial charge in [0.1, 0.15) is 0 Å². The van der Waals surface area contributed by atoms with Crippen molar-refractivity contribution in [1.82, 2.24) is 9.80 Å². The molecule has 2 saturated heterocycles. The molecule has 1 unspecified atom stereocenters. The van der Waals surface area contributed by atoms with E-state index in [9.17, 15) is 9.59 Å². The van der Waals surface area contributed by atoms with Crippen LogP contribution >= 0.6 is 11.8 Å². The van der Waals surface area contributed by atoms with Crippen molar-refractivity contribution in [2.45, 2.75) is 19.4 Å². The first-order valence-corrected chi connectivity index (χ1v) is 7.45. The van der Waals surface area contributed by atoms with Gasteiger partial charge >= 0.3 is 0 Å². The van der Waals surface area contributed by atoms with E-state index in [-0.39, 0.29) is 11.8 Å². The summed E-state index contributed by atoms with van der Waals surface area (Å²) in [6.45, 7) is 6.27. The van der Waals surface area contributed by atoms with Crippen LogP contribution in [0.15, 0.2) is 0 Å². The lowest BCUT2D eigenvalue weighted by atomic mass is 10.0. The zero-order valence-electron chi connectivity index (χ0n) is 11.0. The molecule has 2 aliphatic heterocycles. The minimum Gasteiger partial charge on any atom is -0.362 e. The number of rotatable bonds is 1. The van der Waals surface area contributed by atoms with Crippen LogP contribution in [0.4, 0.5) is 0 Å². The molecule has 102 valence electrons. The molecular formula is C12H20N2O3S. The number of morpholine rings is 1. The third-order valence-electron chi connectivity index (χ3n) is 3.47. The zero-order valence-corrected chi connectivity index (χ0v) is 11.8. The fourth-order valence-corrected chi connectivity index (χ4v) is 3.27. The predicted molar refractivity (Wildman–Crippen MR) is 70.5 cm³/mol. The normalized spacial score (nSPS) is 29.2. The summed E-state index contributed by atoms with van der Waals surface area (Å²) in [6, 6.07) is 0. The van der Waals surface area contributed by atoms with Gasteiger partial charge in [-0.2, -0.15) is 11.8 Å². The molecule has 1 atom stereocenters. The summed E-state index contributed by atoms with van der Waals surface area (Å²) in [5, 5.41) is 0. The molecule has 5 nitrogen and oxygen atoms in total. The van der Waals surface area contributed by atoms with Gasteiger partial charge in [0, 0.05) is 38.1 Å². The van der Waals surface area contributed by atoms with E-state index in [1.807, 2.05) is 16.7 Å². The van der Waals surface area contributed by atoms with Crippen molar-refractivity contribution in [2.24, 2.45) is 0 Å². The lowest BCUT2D eigenvalue weighted by Crippen LogP contribution is -2.60. The Balaban J connectivity index is 2.04. The highest BCUT2D eigenvalue weighted by molar-refractivity contribution is 7.99. The van der Waals surface area contributed by atoms with Crippen LogP contribution in [0.1, 0.15) is 13.8 Å². The molecule has 2 fully saturated rings. The molecule has 2 heterocycles. The summed E-state index contributed by atoms with van der Waals surface area (Å²) in [7, 11) is 0. The van der Waals surface area contributed by atoms with Crippen LogP contribution in [0.2, 0.25) is 0 Å². The first kappa shape index (κ1) is 13.7. The predicted octanol–water partition coefficient (Wildman–Crippen LogP) is 0.199. The Morgan fingerprint density at radius 2 is 1.83 bits per heavy atom. The SMILES string of the molecule is CC(=O)N1CCOC(C)(C(=O)N2CCSCC2)C1. The van der Waals surface area contributed by atoms with E-state index in [1.165, 1.54) is 6.92 Å². The van der Waals surface area contributed by atoms with Gasteiger partial charge in [0.2, 0.25) is 5.91 Å². The van der Waals surface area contributed by atoms with Gasteiger partial charge in [-0.15, -0.1) is 0 Å². The van der Waals surface area contributed by atoms with E-state index in [4.69, 9.17) is 4.74 Å². The summed E-state index contributed by atoms with van der Waals surface area (Å²) in [5.74, 6) is 2.00. The summed E-state index contributed by atoms with van der Waals surface area (Å²) >= 11 is 1.87. The number of carbonyl (C=O) groups excluding carboxylic acids is 2. The first-order valence-electron chi connectivity index (χ1n) is 6.29. The third-order valence-corrected chi connectivity index (χ3v) is 4.41. The zero-order chi connectivity index (χ0) is 13.2. The molecule has 0 aromatic heterocycles. The number of hydrogen-bond donors (Lipinski definition) is 0. The Kier molecular flexibility index (Phi) is 4.17. The molecule has 2 rings (SSSR count). The Morgan fingerprint density at radius 3 is 2.44 bits per heavy atom. The molecule has 0 spiro atoms. The van der Waals surface area contributed by atoms with Crippen molar-refractivity contribution in [3.63, 3.8) is 0 Å². The smallest absolute Gasteiger partial charge is 0.256 e. The minimum absolute atomic E-state index is 0.00604. The second-order valence-electron chi connectivity index (χ2n) is 4.92. The molecule has 18 heavy (non-hydrogen) atoms. The number of thioether (sulfide) groups is 1. The average molecular weight is 272 g/mol. The molecule has 0 bridgehead atoms. The molecule has 2 amide bonds. The van der Waals surface area contributed by atoms with Crippen molar-refractivity contribution < 1.29 is 14.3 Å². The highest BCUT2D eigenvalue weighted by Gasteiger charge is 2.42. The van der Waals surface area contributed by atoms with Gasteiger partial charge in [-0.3, -0.25) is 9.59 Å². The molecule has 0 aromatic carbocycles. The van der Waals surface area contributed by atoms with Crippen LogP contribution in [0.3, 0.4) is 0 Å². The highest BCUT2D eigenvalue weighted by Crippen LogP contribution is 2.22. The lowest BCUT2D eigenvalue weighted by Gasteiger charge is -2.42. The topological polar surface area (TPSA) is 49.9 Å². The molecule has 0 aromatic rings. The number of ether oxygens (including phenoxy) is 1. The summed E-state index contributed by atoms with van der Waals surface area (Å²) in [4.78, 5) is 27.5. The van der Waals surface area contributed by atoms with Crippen molar-refractivity contribution >= 4 is 23.6 Å². The quantitative estimate of drug-likeness (QED) is 0.684. The van der Waals surface area contributed by atoms with E-state index in [2.05, 4.69) is 0 Å². The molecular weight excluding hydrogens is 252 g/mol. The number of carbonyl (C=O) groups is 2. The van der Waals surface area contributed by atoms with E-state index < -0.39 is 5.60 Å². The Bertz CT molecular complexity index is 344. The number of nitrogens with zero attached hydrogens (tertiary/aromatic N) is 2. The molecule has 0 N–H and O–H groups in total. The van der Waals surface area contributed by atoms with Crippen molar-refractivity contribution in [3.8, 4) is 0 Å². The van der Waals surface area contributed by atoms with Gasteiger partial charge in [0.05, 0.1) is 13.2 Å². The van der Waals surface area contributed by atoms with Crippen LogP contribution in [-0.2, 0) is 14.3 Å². The number of amides is 2.